The third kappa shape index (κ3) is 5.64. The van der Waals surface area contributed by atoms with Crippen LogP contribution in [0.2, 0.25) is 0 Å². The molecule has 2 unspecified atom stereocenters. The summed E-state index contributed by atoms with van der Waals surface area (Å²) in [6.45, 7) is 7.67. The molecule has 0 aliphatic carbocycles. The Morgan fingerprint density at radius 1 is 0.947 bits per heavy atom. The topological polar surface area (TPSA) is 12.0 Å². The van der Waals surface area contributed by atoms with E-state index in [1.807, 2.05) is 31.2 Å². The Balaban J connectivity index is 2.60. The number of nitrogens with one attached hydrogen (secondary N) is 1. The Hall–Kier alpha value is -1.03. The highest BCUT2D eigenvalue weighted by atomic mass is 19.4. The Labute approximate surface area is 113 Å². The van der Waals surface area contributed by atoms with Gasteiger partial charge in [-0.25, -0.2) is 0 Å². The highest BCUT2D eigenvalue weighted by Crippen LogP contribution is 2.23. The van der Waals surface area contributed by atoms with Crippen molar-refractivity contribution in [3.8, 4) is 0 Å². The molecule has 2 atom stereocenters. The van der Waals surface area contributed by atoms with Crippen LogP contribution in [0.4, 0.5) is 13.2 Å². The molecule has 1 rings (SSSR count). The standard InChI is InChI=1S/C15H22F3N/c1-10(2)13-5-7-14(8-6-13)12(4)19-11(3)9-15(16,17)18/h5-8,10-12,19H,9H2,1-4H3. The Kier molecular flexibility index (Phi) is 5.41. The van der Waals surface area contributed by atoms with Crippen molar-refractivity contribution in [3.05, 3.63) is 35.4 Å². The maximum atomic E-state index is 12.3. The Morgan fingerprint density at radius 3 is 1.84 bits per heavy atom. The van der Waals surface area contributed by atoms with Gasteiger partial charge in [0.1, 0.15) is 0 Å². The fraction of sp³-hybridized carbons (Fsp3) is 0.600. The molecule has 0 heterocycles. The molecule has 0 saturated carbocycles. The van der Waals surface area contributed by atoms with Crippen LogP contribution in [0.5, 0.6) is 0 Å². The average molecular weight is 273 g/mol. The predicted octanol–water partition coefficient (Wildman–Crippen LogP) is 4.80. The van der Waals surface area contributed by atoms with E-state index in [1.54, 1.807) is 6.92 Å². The number of hydrogen-bond acceptors (Lipinski definition) is 1. The van der Waals surface area contributed by atoms with Crippen molar-refractivity contribution in [2.75, 3.05) is 0 Å². The molecule has 0 aliphatic heterocycles. The summed E-state index contributed by atoms with van der Waals surface area (Å²) < 4.78 is 36.8. The zero-order valence-electron chi connectivity index (χ0n) is 11.9. The third-order valence-corrected chi connectivity index (χ3v) is 3.18. The smallest absolute Gasteiger partial charge is 0.307 e. The van der Waals surface area contributed by atoms with Crippen molar-refractivity contribution in [1.29, 1.82) is 0 Å². The van der Waals surface area contributed by atoms with Gasteiger partial charge in [0.25, 0.3) is 0 Å². The van der Waals surface area contributed by atoms with E-state index in [9.17, 15) is 13.2 Å². The lowest BCUT2D eigenvalue weighted by atomic mass is 9.99. The number of alkyl halides is 3. The van der Waals surface area contributed by atoms with Gasteiger partial charge < -0.3 is 5.32 Å². The van der Waals surface area contributed by atoms with Crippen molar-refractivity contribution in [1.82, 2.24) is 5.32 Å². The molecule has 0 saturated heterocycles. The van der Waals surface area contributed by atoms with Gasteiger partial charge in [-0.2, -0.15) is 13.2 Å². The molecule has 0 radical (unpaired) electrons. The zero-order chi connectivity index (χ0) is 14.6. The highest BCUT2D eigenvalue weighted by molar-refractivity contribution is 5.26. The first kappa shape index (κ1) is 16.0. The van der Waals surface area contributed by atoms with E-state index in [0.29, 0.717) is 5.92 Å². The second-order valence-corrected chi connectivity index (χ2v) is 5.43. The van der Waals surface area contributed by atoms with Gasteiger partial charge in [-0.1, -0.05) is 38.1 Å². The van der Waals surface area contributed by atoms with Gasteiger partial charge in [-0.15, -0.1) is 0 Å². The van der Waals surface area contributed by atoms with Gasteiger partial charge in [-0.3, -0.25) is 0 Å². The van der Waals surface area contributed by atoms with E-state index >= 15 is 0 Å². The summed E-state index contributed by atoms with van der Waals surface area (Å²) in [6, 6.07) is 7.36. The molecular weight excluding hydrogens is 251 g/mol. The maximum absolute atomic E-state index is 12.3. The summed E-state index contributed by atoms with van der Waals surface area (Å²) in [5.41, 5.74) is 2.25. The van der Waals surface area contributed by atoms with Crippen LogP contribution >= 0.6 is 0 Å². The predicted molar refractivity (Wildman–Crippen MR) is 72.2 cm³/mol. The molecule has 1 aromatic carbocycles. The normalized spacial score (nSPS) is 15.6. The van der Waals surface area contributed by atoms with E-state index in [1.165, 1.54) is 5.56 Å². The molecular formula is C15H22F3N. The molecule has 1 aromatic rings. The van der Waals surface area contributed by atoms with E-state index in [2.05, 4.69) is 19.2 Å². The molecule has 0 aromatic heterocycles. The van der Waals surface area contributed by atoms with Gasteiger partial charge in [0.2, 0.25) is 0 Å². The van der Waals surface area contributed by atoms with Gasteiger partial charge in [0.15, 0.2) is 0 Å². The van der Waals surface area contributed by atoms with Crippen molar-refractivity contribution in [2.45, 2.75) is 58.3 Å². The maximum Gasteiger partial charge on any atom is 0.390 e. The minimum Gasteiger partial charge on any atom is -0.307 e. The van der Waals surface area contributed by atoms with Crippen LogP contribution in [0.1, 0.15) is 57.2 Å². The van der Waals surface area contributed by atoms with Crippen LogP contribution in [0.15, 0.2) is 24.3 Å². The molecule has 1 N–H and O–H groups in total. The minimum atomic E-state index is -4.12. The van der Waals surface area contributed by atoms with Gasteiger partial charge in [0.05, 0.1) is 6.42 Å². The van der Waals surface area contributed by atoms with E-state index in [0.717, 1.165) is 5.56 Å². The van der Waals surface area contributed by atoms with Crippen LogP contribution in [0.25, 0.3) is 0 Å². The average Bonchev–Trinajstić information content (AvgIpc) is 2.26. The molecule has 19 heavy (non-hydrogen) atoms. The quantitative estimate of drug-likeness (QED) is 0.812. The fourth-order valence-corrected chi connectivity index (χ4v) is 2.10. The summed E-state index contributed by atoms with van der Waals surface area (Å²) in [7, 11) is 0. The number of rotatable bonds is 5. The van der Waals surface area contributed by atoms with Crippen LogP contribution in [-0.2, 0) is 0 Å². The summed E-state index contributed by atoms with van der Waals surface area (Å²) in [5, 5.41) is 2.98. The van der Waals surface area contributed by atoms with Gasteiger partial charge >= 0.3 is 6.18 Å². The molecule has 0 bridgehead atoms. The third-order valence-electron chi connectivity index (χ3n) is 3.18. The van der Waals surface area contributed by atoms with Gasteiger partial charge in [-0.05, 0) is 30.9 Å². The fourth-order valence-electron chi connectivity index (χ4n) is 2.10. The van der Waals surface area contributed by atoms with Crippen molar-refractivity contribution in [3.63, 3.8) is 0 Å². The van der Waals surface area contributed by atoms with Crippen molar-refractivity contribution >= 4 is 0 Å². The van der Waals surface area contributed by atoms with Crippen LogP contribution < -0.4 is 5.32 Å². The minimum absolute atomic E-state index is 0.0847. The summed E-state index contributed by atoms with van der Waals surface area (Å²) in [6.07, 6.45) is -4.92. The van der Waals surface area contributed by atoms with Crippen LogP contribution in [0.3, 0.4) is 0 Å². The van der Waals surface area contributed by atoms with E-state index in [4.69, 9.17) is 0 Å². The van der Waals surface area contributed by atoms with Crippen LogP contribution in [0, 0.1) is 0 Å². The molecule has 0 amide bonds. The molecule has 1 nitrogen and oxygen atoms in total. The molecule has 4 heteroatoms. The molecule has 0 spiro atoms. The lowest BCUT2D eigenvalue weighted by Gasteiger charge is -2.21. The molecule has 108 valence electrons. The first-order valence-electron chi connectivity index (χ1n) is 6.61. The van der Waals surface area contributed by atoms with Crippen LogP contribution in [-0.4, -0.2) is 12.2 Å². The highest BCUT2D eigenvalue weighted by Gasteiger charge is 2.30. The second kappa shape index (κ2) is 6.42. The first-order chi connectivity index (χ1) is 8.69. The largest absolute Gasteiger partial charge is 0.390 e. The first-order valence-corrected chi connectivity index (χ1v) is 6.61. The lowest BCUT2D eigenvalue weighted by molar-refractivity contribution is -0.139. The van der Waals surface area contributed by atoms with E-state index < -0.39 is 18.6 Å². The Morgan fingerprint density at radius 2 is 1.42 bits per heavy atom. The van der Waals surface area contributed by atoms with Crippen molar-refractivity contribution in [2.24, 2.45) is 0 Å². The molecule has 0 fully saturated rings. The van der Waals surface area contributed by atoms with Crippen molar-refractivity contribution < 1.29 is 13.2 Å². The number of hydrogen-bond donors (Lipinski definition) is 1. The summed E-state index contributed by atoms with van der Waals surface area (Å²) >= 11 is 0. The summed E-state index contributed by atoms with van der Waals surface area (Å²) in [4.78, 5) is 0. The SMILES string of the molecule is CC(CC(F)(F)F)NC(C)c1ccc(C(C)C)cc1. The van der Waals surface area contributed by atoms with E-state index in [-0.39, 0.29) is 6.04 Å². The van der Waals surface area contributed by atoms with Gasteiger partial charge in [0, 0.05) is 12.1 Å². The molecule has 0 aliphatic rings. The lowest BCUT2D eigenvalue weighted by Crippen LogP contribution is -2.33. The monoisotopic (exact) mass is 273 g/mol. The number of halogens is 3. The Bertz CT molecular complexity index is 381. The second-order valence-electron chi connectivity index (χ2n) is 5.43. The summed E-state index contributed by atoms with van der Waals surface area (Å²) in [5.74, 6) is 0.460. The zero-order valence-corrected chi connectivity index (χ0v) is 11.9. The number of benzene rings is 1.